The summed E-state index contributed by atoms with van der Waals surface area (Å²) in [6.45, 7) is 6.16. The van der Waals surface area contributed by atoms with Gasteiger partial charge in [0.1, 0.15) is 0 Å². The summed E-state index contributed by atoms with van der Waals surface area (Å²) in [4.78, 5) is 13.3. The van der Waals surface area contributed by atoms with Crippen LogP contribution in [0.5, 0.6) is 0 Å². The van der Waals surface area contributed by atoms with Crippen LogP contribution in [0.4, 0.5) is 0 Å². The van der Waals surface area contributed by atoms with Gasteiger partial charge in [0.05, 0.1) is 16.3 Å². The van der Waals surface area contributed by atoms with Gasteiger partial charge >= 0.3 is 0 Å². The number of hydrogen-bond donors (Lipinski definition) is 2. The lowest BCUT2D eigenvalue weighted by Gasteiger charge is -2.05. The van der Waals surface area contributed by atoms with Gasteiger partial charge in [-0.1, -0.05) is 11.8 Å². The predicted molar refractivity (Wildman–Crippen MR) is 67.6 cm³/mol. The van der Waals surface area contributed by atoms with Gasteiger partial charge in [0.15, 0.2) is 0 Å². The van der Waals surface area contributed by atoms with Crippen LogP contribution in [0.2, 0.25) is 0 Å². The molecule has 1 aromatic rings. The summed E-state index contributed by atoms with van der Waals surface area (Å²) in [5.41, 5.74) is 6.34. The van der Waals surface area contributed by atoms with Gasteiger partial charge in [-0.3, -0.25) is 4.79 Å². The van der Waals surface area contributed by atoms with Crippen molar-refractivity contribution in [3.8, 4) is 11.8 Å². The molecule has 0 fully saturated rings. The molecule has 3 nitrogen and oxygen atoms in total. The van der Waals surface area contributed by atoms with Gasteiger partial charge in [-0.05, 0) is 32.4 Å². The third kappa shape index (κ3) is 3.37. The molecule has 1 amide bonds. The second-order valence-electron chi connectivity index (χ2n) is 3.76. The Bertz CT molecular complexity index is 438. The van der Waals surface area contributed by atoms with Gasteiger partial charge in [-0.2, -0.15) is 0 Å². The van der Waals surface area contributed by atoms with Crippen molar-refractivity contribution in [2.75, 3.05) is 6.54 Å². The summed E-state index contributed by atoms with van der Waals surface area (Å²) in [5, 5.41) is 2.85. The maximum Gasteiger partial charge on any atom is 0.261 e. The van der Waals surface area contributed by atoms with Crippen molar-refractivity contribution in [1.82, 2.24) is 5.32 Å². The normalized spacial score (nSPS) is 9.81. The smallest absolute Gasteiger partial charge is 0.261 e. The van der Waals surface area contributed by atoms with Crippen LogP contribution < -0.4 is 11.1 Å². The van der Waals surface area contributed by atoms with Crippen LogP contribution in [0.25, 0.3) is 0 Å². The van der Waals surface area contributed by atoms with Crippen LogP contribution in [0.15, 0.2) is 6.07 Å². The summed E-state index contributed by atoms with van der Waals surface area (Å²) in [6.07, 6.45) is 0. The molecule has 86 valence electrons. The highest BCUT2D eigenvalue weighted by Crippen LogP contribution is 2.20. The Kier molecular flexibility index (Phi) is 4.53. The average molecular weight is 236 g/mol. The minimum Gasteiger partial charge on any atom is -0.349 e. The van der Waals surface area contributed by atoms with E-state index in [4.69, 9.17) is 5.73 Å². The fraction of sp³-hybridized carbons (Fsp3) is 0.417. The first-order valence-corrected chi connectivity index (χ1v) is 5.96. The molecule has 0 atom stereocenters. The number of nitrogens with one attached hydrogen (secondary N) is 1. The van der Waals surface area contributed by atoms with Gasteiger partial charge < -0.3 is 11.1 Å². The number of thiophene rings is 1. The van der Waals surface area contributed by atoms with Crippen molar-refractivity contribution in [1.29, 1.82) is 0 Å². The zero-order valence-corrected chi connectivity index (χ0v) is 10.6. The van der Waals surface area contributed by atoms with E-state index in [1.807, 2.05) is 26.8 Å². The molecule has 4 heteroatoms. The van der Waals surface area contributed by atoms with Crippen LogP contribution in [-0.4, -0.2) is 18.5 Å². The Balaban J connectivity index is 2.88. The van der Waals surface area contributed by atoms with E-state index in [0.29, 0.717) is 11.4 Å². The molecule has 0 aliphatic heterocycles. The first-order valence-electron chi connectivity index (χ1n) is 5.14. The van der Waals surface area contributed by atoms with Crippen LogP contribution in [0.3, 0.4) is 0 Å². The molecular formula is C12H16N2OS. The molecule has 1 rings (SSSR count). The highest BCUT2D eigenvalue weighted by molar-refractivity contribution is 7.14. The van der Waals surface area contributed by atoms with Gasteiger partial charge in [0, 0.05) is 6.04 Å². The highest BCUT2D eigenvalue weighted by atomic mass is 32.1. The van der Waals surface area contributed by atoms with E-state index < -0.39 is 0 Å². The van der Waals surface area contributed by atoms with Crippen molar-refractivity contribution in [3.63, 3.8) is 0 Å². The topological polar surface area (TPSA) is 55.1 Å². The van der Waals surface area contributed by atoms with Crippen molar-refractivity contribution < 1.29 is 4.79 Å². The average Bonchev–Trinajstić information content (AvgIpc) is 2.56. The number of aryl methyl sites for hydroxylation is 1. The van der Waals surface area contributed by atoms with Gasteiger partial charge in [-0.15, -0.1) is 11.3 Å². The van der Waals surface area contributed by atoms with Crippen LogP contribution in [0, 0.1) is 18.8 Å². The van der Waals surface area contributed by atoms with E-state index in [1.54, 1.807) is 0 Å². The van der Waals surface area contributed by atoms with E-state index >= 15 is 0 Å². The van der Waals surface area contributed by atoms with E-state index in [1.165, 1.54) is 11.3 Å². The van der Waals surface area contributed by atoms with Crippen molar-refractivity contribution >= 4 is 17.2 Å². The fourth-order valence-electron chi connectivity index (χ4n) is 1.18. The third-order valence-corrected chi connectivity index (χ3v) is 3.02. The lowest BCUT2D eigenvalue weighted by atomic mass is 10.2. The zero-order valence-electron chi connectivity index (χ0n) is 9.76. The van der Waals surface area contributed by atoms with Crippen molar-refractivity contribution in [2.24, 2.45) is 5.73 Å². The van der Waals surface area contributed by atoms with E-state index in [2.05, 4.69) is 17.2 Å². The molecule has 0 spiro atoms. The summed E-state index contributed by atoms with van der Waals surface area (Å²) in [7, 11) is 0. The number of carbonyl (C=O) groups excluding carboxylic acids is 1. The van der Waals surface area contributed by atoms with Crippen LogP contribution >= 0.6 is 11.3 Å². The molecule has 0 radical (unpaired) electrons. The predicted octanol–water partition coefficient (Wildman–Crippen LogP) is 1.50. The number of nitrogens with two attached hydrogens (primary N) is 1. The van der Waals surface area contributed by atoms with E-state index in [9.17, 15) is 4.79 Å². The van der Waals surface area contributed by atoms with Crippen molar-refractivity contribution in [3.05, 3.63) is 21.4 Å². The molecular weight excluding hydrogens is 220 g/mol. The number of hydrogen-bond acceptors (Lipinski definition) is 3. The standard InChI is InChI=1S/C12H16N2OS/c1-8(2)14-12(15)11-7-9(3)10(16-11)5-4-6-13/h7-8H,6,13H2,1-3H3,(H,14,15). The summed E-state index contributed by atoms with van der Waals surface area (Å²) >= 11 is 1.41. The second kappa shape index (κ2) is 5.69. The molecule has 0 unspecified atom stereocenters. The molecule has 1 heterocycles. The monoisotopic (exact) mass is 236 g/mol. The molecule has 1 aromatic heterocycles. The Hall–Kier alpha value is -1.31. The molecule has 0 saturated heterocycles. The Morgan fingerprint density at radius 2 is 2.31 bits per heavy atom. The molecule has 0 bridgehead atoms. The summed E-state index contributed by atoms with van der Waals surface area (Å²) in [5.74, 6) is 5.72. The lowest BCUT2D eigenvalue weighted by molar-refractivity contribution is 0.0947. The van der Waals surface area contributed by atoms with Gasteiger partial charge in [0.25, 0.3) is 5.91 Å². The third-order valence-electron chi connectivity index (χ3n) is 1.87. The number of carbonyl (C=O) groups is 1. The molecule has 3 N–H and O–H groups in total. The fourth-order valence-corrected chi connectivity index (χ4v) is 2.13. The van der Waals surface area contributed by atoms with Gasteiger partial charge in [0.2, 0.25) is 0 Å². The Morgan fingerprint density at radius 3 is 2.88 bits per heavy atom. The second-order valence-corrected chi connectivity index (χ2v) is 4.81. The Labute approximate surface area is 100 Å². The zero-order chi connectivity index (χ0) is 12.1. The van der Waals surface area contributed by atoms with E-state index in [0.717, 1.165) is 10.4 Å². The van der Waals surface area contributed by atoms with Gasteiger partial charge in [-0.25, -0.2) is 0 Å². The van der Waals surface area contributed by atoms with Crippen molar-refractivity contribution in [2.45, 2.75) is 26.8 Å². The number of amides is 1. The molecule has 0 aromatic carbocycles. The lowest BCUT2D eigenvalue weighted by Crippen LogP contribution is -2.29. The highest BCUT2D eigenvalue weighted by Gasteiger charge is 2.11. The SMILES string of the molecule is Cc1cc(C(=O)NC(C)C)sc1C#CCN. The first kappa shape index (κ1) is 12.8. The summed E-state index contributed by atoms with van der Waals surface area (Å²) < 4.78 is 0. The largest absolute Gasteiger partial charge is 0.349 e. The maximum atomic E-state index is 11.7. The first-order chi connectivity index (χ1) is 7.54. The number of rotatable bonds is 2. The maximum absolute atomic E-state index is 11.7. The minimum atomic E-state index is -0.0381. The molecule has 16 heavy (non-hydrogen) atoms. The quantitative estimate of drug-likeness (QED) is 0.765. The summed E-state index contributed by atoms with van der Waals surface area (Å²) in [6, 6.07) is 2.01. The molecule has 0 aliphatic rings. The van der Waals surface area contributed by atoms with Crippen LogP contribution in [-0.2, 0) is 0 Å². The van der Waals surface area contributed by atoms with Crippen LogP contribution in [0.1, 0.15) is 34.0 Å². The molecule has 0 aliphatic carbocycles. The molecule has 0 saturated carbocycles. The van der Waals surface area contributed by atoms with E-state index in [-0.39, 0.29) is 11.9 Å². The minimum absolute atomic E-state index is 0.0381. The Morgan fingerprint density at radius 1 is 1.62 bits per heavy atom.